The van der Waals surface area contributed by atoms with Crippen LogP contribution in [-0.2, 0) is 6.42 Å². The third kappa shape index (κ3) is 2.11. The van der Waals surface area contributed by atoms with Gasteiger partial charge in [-0.3, -0.25) is 0 Å². The van der Waals surface area contributed by atoms with Crippen molar-refractivity contribution in [2.24, 2.45) is 0 Å². The van der Waals surface area contributed by atoms with Crippen LogP contribution in [0.2, 0.25) is 0 Å². The van der Waals surface area contributed by atoms with Gasteiger partial charge in [0.1, 0.15) is 0 Å². The van der Waals surface area contributed by atoms with Crippen molar-refractivity contribution in [3.8, 4) is 0 Å². The maximum atomic E-state index is 4.30. The summed E-state index contributed by atoms with van der Waals surface area (Å²) in [7, 11) is 0. The zero-order chi connectivity index (χ0) is 12.4. The highest BCUT2D eigenvalue weighted by atomic mass is 32.1. The molecule has 0 bridgehead atoms. The number of hydrogen-bond donors (Lipinski definition) is 1. The van der Waals surface area contributed by atoms with Gasteiger partial charge in [0.2, 0.25) is 0 Å². The number of fused-ring (bicyclic) bond motifs is 2. The fourth-order valence-corrected chi connectivity index (χ4v) is 2.68. The van der Waals surface area contributed by atoms with E-state index in [1.165, 1.54) is 27.1 Å². The lowest BCUT2D eigenvalue weighted by atomic mass is 9.98. The van der Waals surface area contributed by atoms with Crippen LogP contribution in [0.4, 0.5) is 0 Å². The van der Waals surface area contributed by atoms with E-state index in [0.29, 0.717) is 0 Å². The molecule has 0 aliphatic carbocycles. The van der Waals surface area contributed by atoms with E-state index in [4.69, 9.17) is 0 Å². The zero-order valence-electron chi connectivity index (χ0n) is 10.3. The Labute approximate surface area is 113 Å². The standard InChI is InChI=1S/C17H16S/c18-10-4-9-13-7-3-8-16-11-14-5-1-2-6-15(14)12-17(13)16/h1-3,5-8,11-12,18H,4,9-10H2. The maximum absolute atomic E-state index is 4.30. The lowest BCUT2D eigenvalue weighted by molar-refractivity contribution is 0.944. The molecular formula is C17H16S. The molecule has 0 aliphatic heterocycles. The molecule has 18 heavy (non-hydrogen) atoms. The van der Waals surface area contributed by atoms with Crippen LogP contribution in [0.1, 0.15) is 12.0 Å². The van der Waals surface area contributed by atoms with Crippen molar-refractivity contribution >= 4 is 34.2 Å². The summed E-state index contributed by atoms with van der Waals surface area (Å²) >= 11 is 4.30. The minimum Gasteiger partial charge on any atom is -0.179 e. The van der Waals surface area contributed by atoms with Crippen molar-refractivity contribution in [2.75, 3.05) is 5.75 Å². The van der Waals surface area contributed by atoms with Gasteiger partial charge in [-0.05, 0) is 57.8 Å². The zero-order valence-corrected chi connectivity index (χ0v) is 11.2. The van der Waals surface area contributed by atoms with Gasteiger partial charge < -0.3 is 0 Å². The molecule has 0 fully saturated rings. The summed E-state index contributed by atoms with van der Waals surface area (Å²) in [6, 6.07) is 19.8. The lowest BCUT2D eigenvalue weighted by Gasteiger charge is -2.08. The Bertz CT molecular complexity index is 685. The smallest absolute Gasteiger partial charge is 0.00947 e. The van der Waals surface area contributed by atoms with Gasteiger partial charge in [0.05, 0.1) is 0 Å². The summed E-state index contributed by atoms with van der Waals surface area (Å²) in [6.07, 6.45) is 2.24. The molecule has 0 aromatic heterocycles. The highest BCUT2D eigenvalue weighted by Crippen LogP contribution is 2.26. The van der Waals surface area contributed by atoms with E-state index in [0.717, 1.165) is 18.6 Å². The van der Waals surface area contributed by atoms with E-state index in [9.17, 15) is 0 Å². The summed E-state index contributed by atoms with van der Waals surface area (Å²) in [5.41, 5.74) is 1.44. The predicted octanol–water partition coefficient (Wildman–Crippen LogP) is 4.86. The number of benzene rings is 3. The van der Waals surface area contributed by atoms with Gasteiger partial charge in [-0.1, -0.05) is 42.5 Å². The normalized spacial score (nSPS) is 11.2. The molecule has 90 valence electrons. The first kappa shape index (κ1) is 11.6. The lowest BCUT2D eigenvalue weighted by Crippen LogP contribution is -1.88. The predicted molar refractivity (Wildman–Crippen MR) is 83.6 cm³/mol. The second kappa shape index (κ2) is 5.03. The van der Waals surface area contributed by atoms with Crippen molar-refractivity contribution in [2.45, 2.75) is 12.8 Å². The molecule has 0 saturated carbocycles. The van der Waals surface area contributed by atoms with Crippen LogP contribution in [0.25, 0.3) is 21.5 Å². The van der Waals surface area contributed by atoms with Crippen molar-refractivity contribution in [1.82, 2.24) is 0 Å². The van der Waals surface area contributed by atoms with Crippen molar-refractivity contribution < 1.29 is 0 Å². The SMILES string of the molecule is SCCCc1cccc2cc3ccccc3cc12. The molecule has 0 spiro atoms. The van der Waals surface area contributed by atoms with Crippen LogP contribution in [-0.4, -0.2) is 5.75 Å². The summed E-state index contributed by atoms with van der Waals surface area (Å²) in [4.78, 5) is 0. The molecule has 0 N–H and O–H groups in total. The van der Waals surface area contributed by atoms with Gasteiger partial charge in [-0.2, -0.15) is 12.6 Å². The third-order valence-corrected chi connectivity index (χ3v) is 3.76. The Balaban J connectivity index is 2.22. The Morgan fingerprint density at radius 3 is 2.28 bits per heavy atom. The van der Waals surface area contributed by atoms with E-state index in [-0.39, 0.29) is 0 Å². The second-order valence-electron chi connectivity index (χ2n) is 4.66. The molecule has 3 aromatic carbocycles. The maximum Gasteiger partial charge on any atom is -0.00947 e. The average Bonchev–Trinajstić information content (AvgIpc) is 2.43. The summed E-state index contributed by atoms with van der Waals surface area (Å²) in [6.45, 7) is 0. The molecule has 0 atom stereocenters. The third-order valence-electron chi connectivity index (χ3n) is 3.44. The molecule has 0 unspecified atom stereocenters. The van der Waals surface area contributed by atoms with E-state index in [1.807, 2.05) is 0 Å². The summed E-state index contributed by atoms with van der Waals surface area (Å²) in [5.74, 6) is 0.948. The molecule has 1 heteroatoms. The van der Waals surface area contributed by atoms with Crippen molar-refractivity contribution in [3.05, 3.63) is 60.2 Å². The fourth-order valence-electron chi connectivity index (χ4n) is 2.52. The quantitative estimate of drug-likeness (QED) is 0.499. The summed E-state index contributed by atoms with van der Waals surface area (Å²) in [5, 5.41) is 5.36. The van der Waals surface area contributed by atoms with Crippen LogP contribution in [0, 0.1) is 0 Å². The largest absolute Gasteiger partial charge is 0.179 e. The molecule has 0 aliphatic rings. The number of hydrogen-bond acceptors (Lipinski definition) is 1. The molecule has 3 rings (SSSR count). The van der Waals surface area contributed by atoms with Gasteiger partial charge in [-0.25, -0.2) is 0 Å². The van der Waals surface area contributed by atoms with Crippen molar-refractivity contribution in [3.63, 3.8) is 0 Å². The van der Waals surface area contributed by atoms with E-state index in [2.05, 4.69) is 67.2 Å². The first-order valence-corrected chi connectivity index (χ1v) is 7.03. The van der Waals surface area contributed by atoms with Crippen molar-refractivity contribution in [1.29, 1.82) is 0 Å². The Morgan fingerprint density at radius 1 is 0.778 bits per heavy atom. The van der Waals surface area contributed by atoms with Gasteiger partial charge >= 0.3 is 0 Å². The first-order valence-electron chi connectivity index (χ1n) is 6.40. The van der Waals surface area contributed by atoms with Crippen LogP contribution in [0.3, 0.4) is 0 Å². The molecule has 0 nitrogen and oxygen atoms in total. The van der Waals surface area contributed by atoms with Gasteiger partial charge in [0.15, 0.2) is 0 Å². The van der Waals surface area contributed by atoms with Gasteiger partial charge in [-0.15, -0.1) is 0 Å². The van der Waals surface area contributed by atoms with E-state index in [1.54, 1.807) is 0 Å². The van der Waals surface area contributed by atoms with Crippen LogP contribution in [0.15, 0.2) is 54.6 Å². The summed E-state index contributed by atoms with van der Waals surface area (Å²) < 4.78 is 0. The Hall–Kier alpha value is -1.47. The molecule has 0 heterocycles. The van der Waals surface area contributed by atoms with Gasteiger partial charge in [0.25, 0.3) is 0 Å². The second-order valence-corrected chi connectivity index (χ2v) is 5.11. The monoisotopic (exact) mass is 252 g/mol. The minimum absolute atomic E-state index is 0.948. The Morgan fingerprint density at radius 2 is 1.50 bits per heavy atom. The highest BCUT2D eigenvalue weighted by molar-refractivity contribution is 7.80. The van der Waals surface area contributed by atoms with Crippen LogP contribution >= 0.6 is 12.6 Å². The number of rotatable bonds is 3. The molecule has 0 saturated heterocycles. The van der Waals surface area contributed by atoms with Gasteiger partial charge in [0, 0.05) is 0 Å². The van der Waals surface area contributed by atoms with Crippen LogP contribution < -0.4 is 0 Å². The highest BCUT2D eigenvalue weighted by Gasteiger charge is 2.02. The van der Waals surface area contributed by atoms with E-state index < -0.39 is 0 Å². The minimum atomic E-state index is 0.948. The fraction of sp³-hybridized carbons (Fsp3) is 0.176. The topological polar surface area (TPSA) is 0 Å². The first-order chi connectivity index (χ1) is 8.88. The molecule has 0 amide bonds. The molecule has 0 radical (unpaired) electrons. The Kier molecular flexibility index (Phi) is 3.24. The van der Waals surface area contributed by atoms with Crippen LogP contribution in [0.5, 0.6) is 0 Å². The molecular weight excluding hydrogens is 236 g/mol. The average molecular weight is 252 g/mol. The molecule has 3 aromatic rings. The van der Waals surface area contributed by atoms with E-state index >= 15 is 0 Å². The number of aryl methyl sites for hydroxylation is 1. The number of thiol groups is 1.